The van der Waals surface area contributed by atoms with Crippen molar-refractivity contribution in [3.05, 3.63) is 48.3 Å². The molecule has 0 unspecified atom stereocenters. The highest BCUT2D eigenvalue weighted by atomic mass is 35.5. The van der Waals surface area contributed by atoms with Crippen LogP contribution in [0.3, 0.4) is 0 Å². The second kappa shape index (κ2) is 6.12. The summed E-state index contributed by atoms with van der Waals surface area (Å²) in [6, 6.07) is 10.9. The van der Waals surface area contributed by atoms with Crippen molar-refractivity contribution in [1.29, 1.82) is 0 Å². The SMILES string of the molecule is CCOC(=O)c1cccn1-c1ccccc1N.Cl. The molecule has 0 aliphatic carbocycles. The molecule has 0 aliphatic heterocycles. The van der Waals surface area contributed by atoms with Crippen LogP contribution in [0.2, 0.25) is 0 Å². The van der Waals surface area contributed by atoms with Crippen LogP contribution in [-0.4, -0.2) is 17.1 Å². The summed E-state index contributed by atoms with van der Waals surface area (Å²) in [6.45, 7) is 2.14. The first-order valence-electron chi connectivity index (χ1n) is 5.43. The van der Waals surface area contributed by atoms with E-state index < -0.39 is 0 Å². The number of anilines is 1. The van der Waals surface area contributed by atoms with Crippen molar-refractivity contribution in [2.75, 3.05) is 12.3 Å². The van der Waals surface area contributed by atoms with E-state index in [0.717, 1.165) is 5.69 Å². The number of ether oxygens (including phenoxy) is 1. The third-order valence-corrected chi connectivity index (χ3v) is 2.43. The van der Waals surface area contributed by atoms with Gasteiger partial charge < -0.3 is 15.0 Å². The fraction of sp³-hybridized carbons (Fsp3) is 0.154. The number of halogens is 1. The van der Waals surface area contributed by atoms with Crippen molar-refractivity contribution in [3.8, 4) is 5.69 Å². The minimum atomic E-state index is -0.347. The van der Waals surface area contributed by atoms with E-state index in [2.05, 4.69) is 0 Å². The van der Waals surface area contributed by atoms with Gasteiger partial charge in [0.1, 0.15) is 5.69 Å². The molecule has 4 nitrogen and oxygen atoms in total. The lowest BCUT2D eigenvalue weighted by molar-refractivity contribution is 0.0517. The van der Waals surface area contributed by atoms with E-state index >= 15 is 0 Å². The Kier molecular flexibility index (Phi) is 4.80. The van der Waals surface area contributed by atoms with Crippen molar-refractivity contribution >= 4 is 24.1 Å². The van der Waals surface area contributed by atoms with Crippen molar-refractivity contribution in [2.24, 2.45) is 0 Å². The molecule has 1 aromatic carbocycles. The maximum Gasteiger partial charge on any atom is 0.355 e. The standard InChI is InChI=1S/C13H14N2O2.ClH/c1-2-17-13(16)12-8-5-9-15(12)11-7-4-3-6-10(11)14;/h3-9H,2,14H2,1H3;1H. The van der Waals surface area contributed by atoms with Gasteiger partial charge in [-0.25, -0.2) is 4.79 Å². The first-order chi connectivity index (χ1) is 8.24. The van der Waals surface area contributed by atoms with Gasteiger partial charge >= 0.3 is 5.97 Å². The second-order valence-electron chi connectivity index (χ2n) is 3.54. The average Bonchev–Trinajstić information content (AvgIpc) is 2.79. The van der Waals surface area contributed by atoms with Gasteiger partial charge in [-0.3, -0.25) is 0 Å². The largest absolute Gasteiger partial charge is 0.461 e. The van der Waals surface area contributed by atoms with Crippen LogP contribution in [-0.2, 0) is 4.74 Å². The molecule has 0 amide bonds. The number of esters is 1. The molecule has 1 heterocycles. The minimum Gasteiger partial charge on any atom is -0.461 e. The third-order valence-electron chi connectivity index (χ3n) is 2.43. The molecule has 0 saturated carbocycles. The summed E-state index contributed by atoms with van der Waals surface area (Å²) < 4.78 is 6.72. The van der Waals surface area contributed by atoms with E-state index in [-0.39, 0.29) is 18.4 Å². The average molecular weight is 267 g/mol. The summed E-state index contributed by atoms with van der Waals surface area (Å²) in [5.41, 5.74) is 7.76. The number of benzene rings is 1. The van der Waals surface area contributed by atoms with Crippen molar-refractivity contribution in [3.63, 3.8) is 0 Å². The van der Waals surface area contributed by atoms with Crippen LogP contribution in [0, 0.1) is 0 Å². The molecule has 96 valence electrons. The summed E-state index contributed by atoms with van der Waals surface area (Å²) in [7, 11) is 0. The van der Waals surface area contributed by atoms with Gasteiger partial charge in [-0.1, -0.05) is 12.1 Å². The Morgan fingerprint density at radius 3 is 2.67 bits per heavy atom. The Balaban J connectivity index is 0.00000162. The van der Waals surface area contributed by atoms with Crippen molar-refractivity contribution in [2.45, 2.75) is 6.92 Å². The van der Waals surface area contributed by atoms with Crippen LogP contribution in [0.25, 0.3) is 5.69 Å². The fourth-order valence-electron chi connectivity index (χ4n) is 1.67. The van der Waals surface area contributed by atoms with Crippen LogP contribution >= 0.6 is 12.4 Å². The maximum absolute atomic E-state index is 11.7. The Bertz CT molecular complexity index is 537. The van der Waals surface area contributed by atoms with Gasteiger partial charge in [0.25, 0.3) is 0 Å². The van der Waals surface area contributed by atoms with E-state index in [1.807, 2.05) is 18.2 Å². The maximum atomic E-state index is 11.7. The lowest BCUT2D eigenvalue weighted by atomic mass is 10.2. The zero-order chi connectivity index (χ0) is 12.3. The number of carbonyl (C=O) groups excluding carboxylic acids is 1. The summed E-state index contributed by atoms with van der Waals surface area (Å²) in [5, 5.41) is 0. The topological polar surface area (TPSA) is 57.2 Å². The number of hydrogen-bond acceptors (Lipinski definition) is 3. The lowest BCUT2D eigenvalue weighted by Gasteiger charge is -2.10. The van der Waals surface area contributed by atoms with E-state index in [1.54, 1.807) is 35.9 Å². The molecule has 0 bridgehead atoms. The van der Waals surface area contributed by atoms with E-state index in [0.29, 0.717) is 18.0 Å². The Hall–Kier alpha value is -1.94. The number of para-hydroxylation sites is 2. The third kappa shape index (κ3) is 2.65. The highest BCUT2D eigenvalue weighted by molar-refractivity contribution is 5.89. The van der Waals surface area contributed by atoms with E-state index in [4.69, 9.17) is 10.5 Å². The number of rotatable bonds is 3. The smallest absolute Gasteiger partial charge is 0.355 e. The van der Waals surface area contributed by atoms with E-state index in [1.165, 1.54) is 0 Å². The first kappa shape index (κ1) is 14.1. The molecular formula is C13H15ClN2O2. The number of nitrogen functional groups attached to an aromatic ring is 1. The molecule has 18 heavy (non-hydrogen) atoms. The summed E-state index contributed by atoms with van der Waals surface area (Å²) in [6.07, 6.45) is 1.79. The molecule has 1 aromatic heterocycles. The van der Waals surface area contributed by atoms with Crippen LogP contribution in [0.4, 0.5) is 5.69 Å². The van der Waals surface area contributed by atoms with Crippen LogP contribution in [0.1, 0.15) is 17.4 Å². The predicted molar refractivity (Wildman–Crippen MR) is 73.4 cm³/mol. The number of nitrogens with zero attached hydrogens (tertiary/aromatic N) is 1. The number of aromatic nitrogens is 1. The Morgan fingerprint density at radius 2 is 2.00 bits per heavy atom. The first-order valence-corrected chi connectivity index (χ1v) is 5.43. The van der Waals surface area contributed by atoms with Gasteiger partial charge in [-0.05, 0) is 31.2 Å². The number of carbonyl (C=O) groups is 1. The zero-order valence-corrected chi connectivity index (χ0v) is 10.8. The molecule has 2 rings (SSSR count). The van der Waals surface area contributed by atoms with Gasteiger partial charge in [-0.2, -0.15) is 0 Å². The van der Waals surface area contributed by atoms with Gasteiger partial charge in [0, 0.05) is 6.20 Å². The Labute approximate surface area is 112 Å². The van der Waals surface area contributed by atoms with E-state index in [9.17, 15) is 4.79 Å². The highest BCUT2D eigenvalue weighted by Gasteiger charge is 2.13. The summed E-state index contributed by atoms with van der Waals surface area (Å²) >= 11 is 0. The van der Waals surface area contributed by atoms with Gasteiger partial charge in [0.2, 0.25) is 0 Å². The van der Waals surface area contributed by atoms with Crippen molar-refractivity contribution < 1.29 is 9.53 Å². The molecule has 0 aliphatic rings. The van der Waals surface area contributed by atoms with Crippen LogP contribution < -0.4 is 5.73 Å². The molecule has 0 fully saturated rings. The molecule has 0 atom stereocenters. The monoisotopic (exact) mass is 266 g/mol. The number of hydrogen-bond donors (Lipinski definition) is 1. The predicted octanol–water partition coefficient (Wildman–Crippen LogP) is 2.66. The van der Waals surface area contributed by atoms with Crippen LogP contribution in [0.15, 0.2) is 42.6 Å². The normalized spacial score (nSPS) is 9.61. The molecule has 2 N–H and O–H groups in total. The van der Waals surface area contributed by atoms with Gasteiger partial charge in [0.15, 0.2) is 0 Å². The molecule has 2 aromatic rings. The number of nitrogens with two attached hydrogens (primary N) is 1. The van der Waals surface area contributed by atoms with Crippen LogP contribution in [0.5, 0.6) is 0 Å². The Morgan fingerprint density at radius 1 is 1.28 bits per heavy atom. The molecule has 0 saturated heterocycles. The van der Waals surface area contributed by atoms with Gasteiger partial charge in [0.05, 0.1) is 18.0 Å². The highest BCUT2D eigenvalue weighted by Crippen LogP contribution is 2.19. The van der Waals surface area contributed by atoms with Gasteiger partial charge in [-0.15, -0.1) is 12.4 Å². The quantitative estimate of drug-likeness (QED) is 0.686. The molecule has 0 spiro atoms. The molecule has 0 radical (unpaired) electrons. The molecule has 5 heteroatoms. The molecular weight excluding hydrogens is 252 g/mol. The second-order valence-corrected chi connectivity index (χ2v) is 3.54. The summed E-state index contributed by atoms with van der Waals surface area (Å²) in [4.78, 5) is 11.7. The summed E-state index contributed by atoms with van der Waals surface area (Å²) in [5.74, 6) is -0.347. The zero-order valence-electron chi connectivity index (χ0n) is 10.00. The lowest BCUT2D eigenvalue weighted by Crippen LogP contribution is -2.11. The van der Waals surface area contributed by atoms with Crippen molar-refractivity contribution in [1.82, 2.24) is 4.57 Å². The minimum absolute atomic E-state index is 0. The fourth-order valence-corrected chi connectivity index (χ4v) is 1.67.